The molecule has 0 amide bonds. The first-order valence-electron chi connectivity index (χ1n) is 7.54. The highest BCUT2D eigenvalue weighted by Gasteiger charge is 2.19. The minimum atomic E-state index is -0.699. The number of ether oxygens (including phenoxy) is 1. The summed E-state index contributed by atoms with van der Waals surface area (Å²) >= 11 is 5.17. The van der Waals surface area contributed by atoms with E-state index in [4.69, 9.17) is 17.0 Å². The quantitative estimate of drug-likeness (QED) is 0.319. The number of nitrogens with zero attached hydrogens (tertiary/aromatic N) is 2. The van der Waals surface area contributed by atoms with Gasteiger partial charge in [0.05, 0.1) is 18.2 Å². The van der Waals surface area contributed by atoms with Gasteiger partial charge in [0, 0.05) is 17.3 Å². The van der Waals surface area contributed by atoms with E-state index < -0.39 is 16.4 Å². The molecule has 2 rings (SSSR count). The molecule has 0 aliphatic carbocycles. The predicted octanol–water partition coefficient (Wildman–Crippen LogP) is 3.25. The van der Waals surface area contributed by atoms with Crippen molar-refractivity contribution < 1.29 is 14.8 Å². The molecule has 26 heavy (non-hydrogen) atoms. The van der Waals surface area contributed by atoms with E-state index in [1.165, 1.54) is 25.5 Å². The lowest BCUT2D eigenvalue weighted by molar-refractivity contribution is -0.386. The highest BCUT2D eigenvalue weighted by molar-refractivity contribution is 7.80. The van der Waals surface area contributed by atoms with E-state index in [0.29, 0.717) is 5.56 Å². The third kappa shape index (κ3) is 4.67. The standard InChI is InChI=1S/C17H18N4O4S/c1-10-4-5-13(11(2)6-10)19-17(26)20-18-9-12-7-14(21(23)24)16(22)15(8-12)25-3/h4-9,22H,1-3H3,(H2,19,20,26)/b18-9+. The average molecular weight is 374 g/mol. The molecule has 0 radical (unpaired) electrons. The number of nitro benzene ring substituents is 1. The molecule has 9 heteroatoms. The Morgan fingerprint density at radius 1 is 1.35 bits per heavy atom. The Kier molecular flexibility index (Phi) is 6.07. The van der Waals surface area contributed by atoms with Crippen LogP contribution in [0.25, 0.3) is 0 Å². The number of phenols is 1. The van der Waals surface area contributed by atoms with Gasteiger partial charge in [-0.15, -0.1) is 0 Å². The minimum absolute atomic E-state index is 0.0170. The van der Waals surface area contributed by atoms with Crippen molar-refractivity contribution in [3.8, 4) is 11.5 Å². The van der Waals surface area contributed by atoms with E-state index in [9.17, 15) is 15.2 Å². The zero-order valence-corrected chi connectivity index (χ0v) is 15.3. The maximum atomic E-state index is 11.0. The van der Waals surface area contributed by atoms with Crippen LogP contribution < -0.4 is 15.5 Å². The van der Waals surface area contributed by atoms with Gasteiger partial charge in [-0.3, -0.25) is 15.5 Å². The van der Waals surface area contributed by atoms with E-state index >= 15 is 0 Å². The van der Waals surface area contributed by atoms with Gasteiger partial charge in [0.25, 0.3) is 0 Å². The van der Waals surface area contributed by atoms with Crippen molar-refractivity contribution >= 4 is 34.9 Å². The van der Waals surface area contributed by atoms with Crippen molar-refractivity contribution in [2.45, 2.75) is 13.8 Å². The maximum Gasteiger partial charge on any atom is 0.315 e. The molecule has 0 aliphatic rings. The smallest absolute Gasteiger partial charge is 0.315 e. The number of aromatic hydroxyl groups is 1. The minimum Gasteiger partial charge on any atom is -0.500 e. The first-order valence-corrected chi connectivity index (χ1v) is 7.95. The molecule has 0 unspecified atom stereocenters. The summed E-state index contributed by atoms with van der Waals surface area (Å²) in [5.74, 6) is -0.550. The van der Waals surface area contributed by atoms with E-state index in [1.807, 2.05) is 32.0 Å². The summed E-state index contributed by atoms with van der Waals surface area (Å²) in [6.45, 7) is 3.96. The lowest BCUT2D eigenvalue weighted by atomic mass is 10.1. The molecule has 0 bridgehead atoms. The van der Waals surface area contributed by atoms with Crippen LogP contribution in [0.1, 0.15) is 16.7 Å². The van der Waals surface area contributed by atoms with Crippen molar-refractivity contribution in [1.29, 1.82) is 0 Å². The van der Waals surface area contributed by atoms with Crippen LogP contribution in [0.5, 0.6) is 11.5 Å². The van der Waals surface area contributed by atoms with Crippen LogP contribution in [-0.2, 0) is 0 Å². The largest absolute Gasteiger partial charge is 0.500 e. The molecular weight excluding hydrogens is 356 g/mol. The molecule has 0 spiro atoms. The lowest BCUT2D eigenvalue weighted by Crippen LogP contribution is -2.24. The van der Waals surface area contributed by atoms with Crippen LogP contribution in [0, 0.1) is 24.0 Å². The van der Waals surface area contributed by atoms with Gasteiger partial charge in [-0.2, -0.15) is 5.10 Å². The first-order chi connectivity index (χ1) is 12.3. The normalized spacial score (nSPS) is 10.6. The fourth-order valence-electron chi connectivity index (χ4n) is 2.25. The van der Waals surface area contributed by atoms with Crippen molar-refractivity contribution in [3.05, 3.63) is 57.1 Å². The van der Waals surface area contributed by atoms with Crippen LogP contribution in [0.2, 0.25) is 0 Å². The van der Waals surface area contributed by atoms with E-state index in [1.54, 1.807) is 0 Å². The number of phenolic OH excluding ortho intramolecular Hbond substituents is 1. The number of hydrogen-bond acceptors (Lipinski definition) is 6. The average Bonchev–Trinajstić information content (AvgIpc) is 2.58. The second kappa shape index (κ2) is 8.26. The topological polar surface area (TPSA) is 109 Å². The number of thiocarbonyl (C=S) groups is 1. The summed E-state index contributed by atoms with van der Waals surface area (Å²) in [6, 6.07) is 8.51. The molecule has 2 aromatic rings. The SMILES string of the molecule is COc1cc(/C=N/NC(=S)Nc2ccc(C)cc2C)cc([N+](=O)[O-])c1O. The Bertz CT molecular complexity index is 883. The van der Waals surface area contributed by atoms with Gasteiger partial charge < -0.3 is 15.2 Å². The summed E-state index contributed by atoms with van der Waals surface area (Å²) in [4.78, 5) is 10.3. The van der Waals surface area contributed by atoms with Crippen LogP contribution in [0.3, 0.4) is 0 Å². The molecule has 0 aliphatic heterocycles. The number of nitro groups is 1. The van der Waals surface area contributed by atoms with Crippen LogP contribution in [0.15, 0.2) is 35.4 Å². The molecular formula is C17H18N4O4S. The fourth-order valence-corrected chi connectivity index (χ4v) is 2.42. The van der Waals surface area contributed by atoms with Crippen molar-refractivity contribution in [2.75, 3.05) is 12.4 Å². The molecule has 136 valence electrons. The lowest BCUT2D eigenvalue weighted by Gasteiger charge is -2.10. The van der Waals surface area contributed by atoms with E-state index in [0.717, 1.165) is 16.8 Å². The molecule has 3 N–H and O–H groups in total. The molecule has 0 saturated heterocycles. The number of anilines is 1. The van der Waals surface area contributed by atoms with Gasteiger partial charge >= 0.3 is 5.69 Å². The monoisotopic (exact) mass is 374 g/mol. The Morgan fingerprint density at radius 3 is 2.69 bits per heavy atom. The third-order valence-corrected chi connectivity index (χ3v) is 3.70. The predicted molar refractivity (Wildman–Crippen MR) is 104 cm³/mol. The first kappa shape index (κ1) is 19.1. The van der Waals surface area contributed by atoms with Crippen molar-refractivity contribution in [2.24, 2.45) is 5.10 Å². The van der Waals surface area contributed by atoms with Gasteiger partial charge in [0.1, 0.15) is 0 Å². The number of benzene rings is 2. The van der Waals surface area contributed by atoms with Crippen LogP contribution >= 0.6 is 12.2 Å². The molecule has 2 aromatic carbocycles. The number of nitrogens with one attached hydrogen (secondary N) is 2. The summed E-state index contributed by atoms with van der Waals surface area (Å²) in [5.41, 5.74) is 5.57. The zero-order valence-electron chi connectivity index (χ0n) is 14.4. The number of hydrogen-bond donors (Lipinski definition) is 3. The number of hydrazone groups is 1. The molecule has 8 nitrogen and oxygen atoms in total. The number of methoxy groups -OCH3 is 1. The van der Waals surface area contributed by atoms with E-state index in [2.05, 4.69) is 15.8 Å². The number of rotatable bonds is 5. The molecule has 0 heterocycles. The van der Waals surface area contributed by atoms with Gasteiger partial charge in [-0.25, -0.2) is 0 Å². The highest BCUT2D eigenvalue weighted by Crippen LogP contribution is 2.36. The van der Waals surface area contributed by atoms with Crippen molar-refractivity contribution in [3.63, 3.8) is 0 Å². The van der Waals surface area contributed by atoms with Gasteiger partial charge in [0.2, 0.25) is 5.75 Å². The number of aryl methyl sites for hydroxylation is 2. The third-order valence-electron chi connectivity index (χ3n) is 3.50. The summed E-state index contributed by atoms with van der Waals surface area (Å²) in [7, 11) is 1.31. The van der Waals surface area contributed by atoms with Gasteiger partial charge in [-0.1, -0.05) is 17.7 Å². The van der Waals surface area contributed by atoms with Gasteiger partial charge in [-0.05, 0) is 43.8 Å². The van der Waals surface area contributed by atoms with Crippen LogP contribution in [-0.4, -0.2) is 28.5 Å². The second-order valence-corrected chi connectivity index (χ2v) is 5.90. The summed E-state index contributed by atoms with van der Waals surface area (Å²) < 4.78 is 4.93. The van der Waals surface area contributed by atoms with Gasteiger partial charge in [0.15, 0.2) is 10.9 Å². The zero-order chi connectivity index (χ0) is 19.3. The Balaban J connectivity index is 2.09. The van der Waals surface area contributed by atoms with Crippen molar-refractivity contribution in [1.82, 2.24) is 5.43 Å². The summed E-state index contributed by atoms with van der Waals surface area (Å²) in [5, 5.41) is 28.0. The Hall–Kier alpha value is -3.20. The Morgan fingerprint density at radius 2 is 2.08 bits per heavy atom. The second-order valence-electron chi connectivity index (χ2n) is 5.49. The molecule has 0 aromatic heterocycles. The maximum absolute atomic E-state index is 11.0. The summed E-state index contributed by atoms with van der Waals surface area (Å²) in [6.07, 6.45) is 1.34. The molecule has 0 atom stereocenters. The van der Waals surface area contributed by atoms with E-state index in [-0.39, 0.29) is 10.9 Å². The molecule has 0 saturated carbocycles. The highest BCUT2D eigenvalue weighted by atomic mass is 32.1. The molecule has 0 fully saturated rings. The fraction of sp³-hybridized carbons (Fsp3) is 0.176. The Labute approximate surface area is 155 Å². The van der Waals surface area contributed by atoms with Crippen LogP contribution in [0.4, 0.5) is 11.4 Å².